The molecule has 0 bridgehead atoms. The molecule has 0 aliphatic carbocycles. The smallest absolute Gasteiger partial charge is 0.317 e. The van der Waals surface area contributed by atoms with E-state index in [0.29, 0.717) is 13.1 Å². The predicted molar refractivity (Wildman–Crippen MR) is 91.1 cm³/mol. The first-order valence-corrected chi connectivity index (χ1v) is 8.34. The molecule has 2 rings (SSSR count). The van der Waals surface area contributed by atoms with Gasteiger partial charge < -0.3 is 15.5 Å². The van der Waals surface area contributed by atoms with Gasteiger partial charge in [0.25, 0.3) is 0 Å². The lowest BCUT2D eigenvalue weighted by Crippen LogP contribution is -2.53. The van der Waals surface area contributed by atoms with E-state index in [0.717, 1.165) is 18.4 Å². The number of hydrogen-bond donors (Lipinski definition) is 2. The summed E-state index contributed by atoms with van der Waals surface area (Å²) >= 11 is 0. The second-order valence-corrected chi connectivity index (χ2v) is 7.31. The molecule has 0 saturated carbocycles. The summed E-state index contributed by atoms with van der Waals surface area (Å²) in [4.78, 5) is 26.0. The summed E-state index contributed by atoms with van der Waals surface area (Å²) in [5.74, 6) is -0.376. The van der Waals surface area contributed by atoms with Gasteiger partial charge in [0.2, 0.25) is 5.91 Å². The Labute approximate surface area is 142 Å². The second-order valence-electron chi connectivity index (χ2n) is 7.31. The molecule has 1 heterocycles. The molecule has 5 nitrogen and oxygen atoms in total. The van der Waals surface area contributed by atoms with Crippen molar-refractivity contribution in [1.29, 1.82) is 0 Å². The zero-order chi connectivity index (χ0) is 17.7. The van der Waals surface area contributed by atoms with Crippen LogP contribution in [0.5, 0.6) is 0 Å². The van der Waals surface area contributed by atoms with E-state index in [-0.39, 0.29) is 35.8 Å². The molecule has 1 saturated heterocycles. The molecule has 0 radical (unpaired) electrons. The average molecular weight is 335 g/mol. The molecule has 0 atom stereocenters. The van der Waals surface area contributed by atoms with E-state index >= 15 is 0 Å². The summed E-state index contributed by atoms with van der Waals surface area (Å²) in [5, 5.41) is 5.95. The van der Waals surface area contributed by atoms with Gasteiger partial charge in [-0.05, 0) is 51.3 Å². The zero-order valence-electron chi connectivity index (χ0n) is 14.6. The highest BCUT2D eigenvalue weighted by molar-refractivity contribution is 5.79. The van der Waals surface area contributed by atoms with Crippen molar-refractivity contribution < 1.29 is 14.0 Å². The van der Waals surface area contributed by atoms with Crippen LogP contribution in [0.4, 0.5) is 9.18 Å². The number of carbonyl (C=O) groups excluding carboxylic acids is 2. The summed E-state index contributed by atoms with van der Waals surface area (Å²) in [5.41, 5.74) is 0.535. The van der Waals surface area contributed by atoms with Crippen molar-refractivity contribution in [3.8, 4) is 0 Å². The van der Waals surface area contributed by atoms with Crippen molar-refractivity contribution in [1.82, 2.24) is 15.5 Å². The lowest BCUT2D eigenvalue weighted by Gasteiger charge is -2.34. The highest BCUT2D eigenvalue weighted by atomic mass is 19.1. The van der Waals surface area contributed by atoms with E-state index < -0.39 is 0 Å². The van der Waals surface area contributed by atoms with Crippen molar-refractivity contribution >= 4 is 11.9 Å². The van der Waals surface area contributed by atoms with Gasteiger partial charge in [0.05, 0.1) is 6.42 Å². The third-order valence-corrected chi connectivity index (χ3v) is 3.91. The molecule has 0 spiro atoms. The molecule has 6 heteroatoms. The molecule has 24 heavy (non-hydrogen) atoms. The standard InChI is InChI=1S/C18H26FN3O2/c1-18(2,3)21-17(24)22-10-8-15(9-11-22)20-16(23)12-13-4-6-14(19)7-5-13/h4-7,15H,8-12H2,1-3H3,(H,20,23)(H,21,24). The Bertz CT molecular complexity index is 573. The van der Waals surface area contributed by atoms with Gasteiger partial charge in [-0.15, -0.1) is 0 Å². The number of rotatable bonds is 3. The number of nitrogens with one attached hydrogen (secondary N) is 2. The number of carbonyl (C=O) groups is 2. The minimum absolute atomic E-state index is 0.0569. The number of nitrogens with zero attached hydrogens (tertiary/aromatic N) is 1. The Morgan fingerprint density at radius 3 is 2.29 bits per heavy atom. The van der Waals surface area contributed by atoms with E-state index in [9.17, 15) is 14.0 Å². The number of likely N-dealkylation sites (tertiary alicyclic amines) is 1. The van der Waals surface area contributed by atoms with E-state index in [4.69, 9.17) is 0 Å². The van der Waals surface area contributed by atoms with Crippen LogP contribution in [0.15, 0.2) is 24.3 Å². The quantitative estimate of drug-likeness (QED) is 0.891. The van der Waals surface area contributed by atoms with Gasteiger partial charge in [-0.2, -0.15) is 0 Å². The number of amides is 3. The SMILES string of the molecule is CC(C)(C)NC(=O)N1CCC(NC(=O)Cc2ccc(F)cc2)CC1. The van der Waals surface area contributed by atoms with Crippen LogP contribution < -0.4 is 10.6 Å². The normalized spacial score (nSPS) is 15.9. The topological polar surface area (TPSA) is 61.4 Å². The maximum absolute atomic E-state index is 12.9. The zero-order valence-corrected chi connectivity index (χ0v) is 14.6. The van der Waals surface area contributed by atoms with E-state index in [1.165, 1.54) is 12.1 Å². The van der Waals surface area contributed by atoms with Crippen molar-refractivity contribution in [3.05, 3.63) is 35.6 Å². The first kappa shape index (κ1) is 18.2. The summed E-state index contributed by atoms with van der Waals surface area (Å²) in [6.07, 6.45) is 1.73. The molecule has 1 aliphatic rings. The molecule has 0 aromatic heterocycles. The van der Waals surface area contributed by atoms with Gasteiger partial charge in [-0.25, -0.2) is 9.18 Å². The summed E-state index contributed by atoms with van der Waals surface area (Å²) in [6.45, 7) is 7.11. The largest absolute Gasteiger partial charge is 0.353 e. The summed E-state index contributed by atoms with van der Waals surface area (Å²) in [6, 6.07) is 5.97. The van der Waals surface area contributed by atoms with E-state index in [1.807, 2.05) is 20.8 Å². The lowest BCUT2D eigenvalue weighted by atomic mass is 10.0. The number of hydrogen-bond acceptors (Lipinski definition) is 2. The van der Waals surface area contributed by atoms with E-state index in [1.54, 1.807) is 17.0 Å². The third-order valence-electron chi connectivity index (χ3n) is 3.91. The molecule has 1 fully saturated rings. The van der Waals surface area contributed by atoms with Crippen LogP contribution in [-0.4, -0.2) is 41.5 Å². The van der Waals surface area contributed by atoms with Crippen molar-refractivity contribution in [2.45, 2.75) is 51.6 Å². The summed E-state index contributed by atoms with van der Waals surface area (Å²) in [7, 11) is 0. The fourth-order valence-electron chi connectivity index (χ4n) is 2.69. The van der Waals surface area contributed by atoms with Gasteiger partial charge in [0, 0.05) is 24.7 Å². The Morgan fingerprint density at radius 2 is 1.75 bits per heavy atom. The van der Waals surface area contributed by atoms with Gasteiger partial charge in [-0.1, -0.05) is 12.1 Å². The van der Waals surface area contributed by atoms with Crippen molar-refractivity contribution in [3.63, 3.8) is 0 Å². The Kier molecular flexibility index (Phi) is 5.80. The Hall–Kier alpha value is -2.11. The fraction of sp³-hybridized carbons (Fsp3) is 0.556. The number of benzene rings is 1. The van der Waals surface area contributed by atoms with Gasteiger partial charge in [-0.3, -0.25) is 4.79 Å². The first-order valence-electron chi connectivity index (χ1n) is 8.34. The first-order chi connectivity index (χ1) is 11.2. The van der Waals surface area contributed by atoms with Crippen LogP contribution in [0.25, 0.3) is 0 Å². The van der Waals surface area contributed by atoms with Crippen molar-refractivity contribution in [2.24, 2.45) is 0 Å². The molecule has 1 aromatic rings. The highest BCUT2D eigenvalue weighted by Crippen LogP contribution is 2.12. The fourth-order valence-corrected chi connectivity index (χ4v) is 2.69. The van der Waals surface area contributed by atoms with Gasteiger partial charge in [0.1, 0.15) is 5.82 Å². The molecule has 2 N–H and O–H groups in total. The number of urea groups is 1. The highest BCUT2D eigenvalue weighted by Gasteiger charge is 2.25. The molecular weight excluding hydrogens is 309 g/mol. The van der Waals surface area contributed by atoms with Crippen LogP contribution in [0.2, 0.25) is 0 Å². The predicted octanol–water partition coefficient (Wildman–Crippen LogP) is 2.46. The maximum Gasteiger partial charge on any atom is 0.317 e. The van der Waals surface area contributed by atoms with Gasteiger partial charge >= 0.3 is 6.03 Å². The Morgan fingerprint density at radius 1 is 1.17 bits per heavy atom. The van der Waals surface area contributed by atoms with Crippen molar-refractivity contribution in [2.75, 3.05) is 13.1 Å². The number of halogens is 1. The minimum Gasteiger partial charge on any atom is -0.353 e. The maximum atomic E-state index is 12.9. The molecule has 0 unspecified atom stereocenters. The van der Waals surface area contributed by atoms with Crippen LogP contribution in [0, 0.1) is 5.82 Å². The second kappa shape index (κ2) is 7.64. The van der Waals surface area contributed by atoms with Crippen LogP contribution in [0.1, 0.15) is 39.2 Å². The molecule has 3 amide bonds. The van der Waals surface area contributed by atoms with Crippen LogP contribution in [0.3, 0.4) is 0 Å². The monoisotopic (exact) mass is 335 g/mol. The lowest BCUT2D eigenvalue weighted by molar-refractivity contribution is -0.121. The Balaban J connectivity index is 1.75. The summed E-state index contributed by atoms with van der Waals surface area (Å²) < 4.78 is 12.9. The molecule has 132 valence electrons. The van der Waals surface area contributed by atoms with E-state index in [2.05, 4.69) is 10.6 Å². The minimum atomic E-state index is -0.305. The molecule has 1 aromatic carbocycles. The van der Waals surface area contributed by atoms with Crippen LogP contribution in [-0.2, 0) is 11.2 Å². The number of piperidine rings is 1. The average Bonchev–Trinajstić information content (AvgIpc) is 2.48. The third kappa shape index (κ3) is 5.83. The van der Waals surface area contributed by atoms with Gasteiger partial charge in [0.15, 0.2) is 0 Å². The molecular formula is C18H26FN3O2. The molecule has 1 aliphatic heterocycles. The van der Waals surface area contributed by atoms with Crippen LogP contribution >= 0.6 is 0 Å².